The molecule has 0 aromatic carbocycles. The van der Waals surface area contributed by atoms with Crippen LogP contribution in [-0.2, 0) is 0 Å². The fourth-order valence-electron chi connectivity index (χ4n) is 8.54. The minimum atomic E-state index is -1.48. The second-order valence-corrected chi connectivity index (χ2v) is 13.1. The van der Waals surface area contributed by atoms with Gasteiger partial charge in [-0.25, -0.2) is 0 Å². The molecule has 0 heterocycles. The van der Waals surface area contributed by atoms with Crippen molar-refractivity contribution < 1.29 is 20.4 Å². The largest absolute Gasteiger partial charge is 0.393 e. The molecule has 32 heavy (non-hydrogen) atoms. The van der Waals surface area contributed by atoms with Crippen molar-refractivity contribution in [1.29, 1.82) is 0 Å². The molecule has 3 saturated carbocycles. The van der Waals surface area contributed by atoms with Crippen LogP contribution in [0.3, 0.4) is 0 Å². The molecule has 0 aromatic rings. The molecule has 0 bridgehead atoms. The van der Waals surface area contributed by atoms with Gasteiger partial charge < -0.3 is 20.4 Å². The minimum absolute atomic E-state index is 0.131. The van der Waals surface area contributed by atoms with Crippen LogP contribution in [-0.4, -0.2) is 43.8 Å². The van der Waals surface area contributed by atoms with Crippen LogP contribution in [0.1, 0.15) is 99.3 Å². The van der Waals surface area contributed by atoms with Crippen molar-refractivity contribution in [1.82, 2.24) is 0 Å². The van der Waals surface area contributed by atoms with Crippen LogP contribution >= 0.6 is 0 Å². The maximum Gasteiger partial charge on any atom is 0.105 e. The zero-order valence-electron chi connectivity index (χ0n) is 21.3. The van der Waals surface area contributed by atoms with E-state index < -0.39 is 28.8 Å². The molecule has 4 aliphatic carbocycles. The van der Waals surface area contributed by atoms with E-state index in [1.807, 2.05) is 6.92 Å². The van der Waals surface area contributed by atoms with Gasteiger partial charge in [-0.2, -0.15) is 0 Å². The zero-order valence-corrected chi connectivity index (χ0v) is 21.3. The van der Waals surface area contributed by atoms with Gasteiger partial charge in [-0.1, -0.05) is 60.5 Å². The third-order valence-corrected chi connectivity index (χ3v) is 11.4. The van der Waals surface area contributed by atoms with Gasteiger partial charge in [0.15, 0.2) is 0 Å². The van der Waals surface area contributed by atoms with E-state index in [-0.39, 0.29) is 17.8 Å². The predicted octanol–water partition coefficient (Wildman–Crippen LogP) is 4.84. The summed E-state index contributed by atoms with van der Waals surface area (Å²) in [7, 11) is 0. The lowest BCUT2D eigenvalue weighted by molar-refractivity contribution is -0.258. The van der Waals surface area contributed by atoms with E-state index in [1.54, 1.807) is 6.08 Å². The van der Waals surface area contributed by atoms with Gasteiger partial charge >= 0.3 is 0 Å². The quantitative estimate of drug-likeness (QED) is 0.454. The van der Waals surface area contributed by atoms with Gasteiger partial charge in [0.1, 0.15) is 11.7 Å². The Morgan fingerprint density at radius 2 is 1.62 bits per heavy atom. The minimum Gasteiger partial charge on any atom is -0.393 e. The van der Waals surface area contributed by atoms with Crippen LogP contribution in [0.15, 0.2) is 11.6 Å². The molecule has 0 aromatic heterocycles. The lowest BCUT2D eigenvalue weighted by Gasteiger charge is -2.65. The molecule has 3 fully saturated rings. The highest BCUT2D eigenvalue weighted by Crippen LogP contribution is 2.69. The summed E-state index contributed by atoms with van der Waals surface area (Å²) in [6, 6.07) is 0. The molecule has 0 amide bonds. The summed E-state index contributed by atoms with van der Waals surface area (Å²) < 4.78 is 0. The molecular formula is C28H48O4. The van der Waals surface area contributed by atoms with Crippen molar-refractivity contribution >= 4 is 0 Å². The van der Waals surface area contributed by atoms with Crippen LogP contribution in [0.5, 0.6) is 0 Å². The SMILES string of the molecule is CC(C)[C@@H](C)CC[C@@H](C)[C@H]1CC[C@H]2C3=C[C@@H](O)[C@@]4(O)C[C@@H](O)CC[C@]4(C)[C@@]3(O)CC[C@]12C. The lowest BCUT2D eigenvalue weighted by atomic mass is 9.43. The highest BCUT2D eigenvalue weighted by atomic mass is 16.4. The van der Waals surface area contributed by atoms with Crippen LogP contribution in [0.25, 0.3) is 0 Å². The van der Waals surface area contributed by atoms with Gasteiger partial charge in [-0.3, -0.25) is 0 Å². The number of hydrogen-bond donors (Lipinski definition) is 4. The van der Waals surface area contributed by atoms with Gasteiger partial charge in [0.2, 0.25) is 0 Å². The zero-order chi connectivity index (χ0) is 23.7. The fraction of sp³-hybridized carbons (Fsp3) is 0.929. The molecule has 0 radical (unpaired) electrons. The molecule has 10 atom stereocenters. The molecule has 0 unspecified atom stereocenters. The van der Waals surface area contributed by atoms with E-state index in [0.29, 0.717) is 31.1 Å². The first-order valence-corrected chi connectivity index (χ1v) is 13.3. The van der Waals surface area contributed by atoms with Crippen molar-refractivity contribution in [3.05, 3.63) is 11.6 Å². The van der Waals surface area contributed by atoms with E-state index in [1.165, 1.54) is 19.3 Å². The molecule has 4 aliphatic rings. The second-order valence-electron chi connectivity index (χ2n) is 13.1. The second kappa shape index (κ2) is 8.07. The first-order valence-electron chi connectivity index (χ1n) is 13.3. The molecule has 0 saturated heterocycles. The number of fused-ring (bicyclic) bond motifs is 5. The van der Waals surface area contributed by atoms with Gasteiger partial charge in [0, 0.05) is 11.8 Å². The Bertz CT molecular complexity index is 748. The number of rotatable bonds is 5. The molecule has 4 heteroatoms. The third kappa shape index (κ3) is 3.30. The van der Waals surface area contributed by atoms with Crippen molar-refractivity contribution in [3.63, 3.8) is 0 Å². The summed E-state index contributed by atoms with van der Waals surface area (Å²) >= 11 is 0. The average molecular weight is 449 g/mol. The van der Waals surface area contributed by atoms with Crippen LogP contribution in [0.4, 0.5) is 0 Å². The summed E-state index contributed by atoms with van der Waals surface area (Å²) in [6.07, 6.45) is 7.74. The number of hydrogen-bond acceptors (Lipinski definition) is 4. The van der Waals surface area contributed by atoms with Crippen molar-refractivity contribution in [2.45, 2.75) is 123 Å². The molecule has 184 valence electrons. The van der Waals surface area contributed by atoms with Crippen LogP contribution in [0.2, 0.25) is 0 Å². The Balaban J connectivity index is 1.62. The topological polar surface area (TPSA) is 80.9 Å². The summed E-state index contributed by atoms with van der Waals surface area (Å²) in [4.78, 5) is 0. The Morgan fingerprint density at radius 3 is 2.28 bits per heavy atom. The smallest absolute Gasteiger partial charge is 0.105 e. The maximum absolute atomic E-state index is 12.2. The van der Waals surface area contributed by atoms with E-state index in [4.69, 9.17) is 0 Å². The average Bonchev–Trinajstić information content (AvgIpc) is 3.07. The summed E-state index contributed by atoms with van der Waals surface area (Å²) in [6.45, 7) is 13.8. The Labute approximate surface area is 195 Å². The molecule has 4 N–H and O–H groups in total. The first-order chi connectivity index (χ1) is 14.8. The standard InChI is InChI=1S/C28H48O4/c1-17(2)18(3)7-8-19(4)21-9-10-22-23-15-24(30)28(32)16-20(29)11-12-26(28,6)27(23,31)14-13-25(21,22)5/h15,17-22,24,29-32H,7-14,16H2,1-6H3/t18-,19+,20-,21+,22-,24+,25+,26+,27+,28-/m0/s1. The lowest BCUT2D eigenvalue weighted by Crippen LogP contribution is -2.72. The van der Waals surface area contributed by atoms with Crippen LogP contribution < -0.4 is 0 Å². The molecule has 4 nitrogen and oxygen atoms in total. The molecular weight excluding hydrogens is 400 g/mol. The number of aliphatic hydroxyl groups is 4. The maximum atomic E-state index is 12.2. The summed E-state index contributed by atoms with van der Waals surface area (Å²) in [5, 5.41) is 45.2. The van der Waals surface area contributed by atoms with Crippen molar-refractivity contribution in [3.8, 4) is 0 Å². The number of aliphatic hydroxyl groups excluding tert-OH is 2. The first kappa shape index (κ1) is 24.7. The third-order valence-electron chi connectivity index (χ3n) is 11.4. The monoisotopic (exact) mass is 448 g/mol. The molecule has 0 spiro atoms. The van der Waals surface area contributed by atoms with Gasteiger partial charge in [-0.05, 0) is 79.1 Å². The fourth-order valence-corrected chi connectivity index (χ4v) is 8.54. The van der Waals surface area contributed by atoms with E-state index >= 15 is 0 Å². The van der Waals surface area contributed by atoms with Gasteiger partial charge in [0.25, 0.3) is 0 Å². The Kier molecular flexibility index (Phi) is 6.23. The van der Waals surface area contributed by atoms with E-state index in [9.17, 15) is 20.4 Å². The Hall–Kier alpha value is -0.420. The summed E-state index contributed by atoms with van der Waals surface area (Å²) in [5.74, 6) is 3.02. The van der Waals surface area contributed by atoms with Crippen LogP contribution in [0, 0.1) is 40.4 Å². The van der Waals surface area contributed by atoms with Gasteiger partial charge in [0.05, 0.1) is 11.7 Å². The van der Waals surface area contributed by atoms with Crippen molar-refractivity contribution in [2.75, 3.05) is 0 Å². The Morgan fingerprint density at radius 1 is 0.938 bits per heavy atom. The van der Waals surface area contributed by atoms with Crippen molar-refractivity contribution in [2.24, 2.45) is 40.4 Å². The van der Waals surface area contributed by atoms with E-state index in [2.05, 4.69) is 34.6 Å². The van der Waals surface area contributed by atoms with E-state index in [0.717, 1.165) is 30.3 Å². The normalized spacial score (nSPS) is 50.3. The molecule has 0 aliphatic heterocycles. The highest BCUT2D eigenvalue weighted by molar-refractivity contribution is 5.40. The summed E-state index contributed by atoms with van der Waals surface area (Å²) in [5.41, 5.74) is -2.28. The molecule has 4 rings (SSSR count). The predicted molar refractivity (Wildman–Crippen MR) is 128 cm³/mol. The highest BCUT2D eigenvalue weighted by Gasteiger charge is 2.71. The van der Waals surface area contributed by atoms with Gasteiger partial charge in [-0.15, -0.1) is 0 Å².